The summed E-state index contributed by atoms with van der Waals surface area (Å²) < 4.78 is 9.43. The van der Waals surface area contributed by atoms with Crippen LogP contribution in [0.1, 0.15) is 6.42 Å². The largest absolute Gasteiger partial charge is 0.323 e. The summed E-state index contributed by atoms with van der Waals surface area (Å²) in [7, 11) is 0. The van der Waals surface area contributed by atoms with Crippen molar-refractivity contribution < 1.29 is 0 Å². The second-order valence-electron chi connectivity index (χ2n) is 6.02. The van der Waals surface area contributed by atoms with Crippen LogP contribution in [0.5, 0.6) is 0 Å². The zero-order chi connectivity index (χ0) is 18.6. The molecule has 4 aromatic rings. The molecule has 4 heterocycles. The van der Waals surface area contributed by atoms with Crippen LogP contribution < -0.4 is 0 Å². The van der Waals surface area contributed by atoms with Gasteiger partial charge >= 0.3 is 0 Å². The molecular formula is C19H18N6S2. The minimum absolute atomic E-state index is 0.739. The Morgan fingerprint density at radius 3 is 1.56 bits per heavy atom. The smallest absolute Gasteiger partial charge is 0.185 e. The van der Waals surface area contributed by atoms with E-state index in [0.29, 0.717) is 0 Å². The van der Waals surface area contributed by atoms with Crippen molar-refractivity contribution in [3.8, 4) is 11.6 Å². The molecule has 6 nitrogen and oxygen atoms in total. The van der Waals surface area contributed by atoms with Crippen LogP contribution in [0.4, 0.5) is 0 Å². The summed E-state index contributed by atoms with van der Waals surface area (Å²) in [5.74, 6) is 1.66. The van der Waals surface area contributed by atoms with Crippen molar-refractivity contribution >= 4 is 24.4 Å². The van der Waals surface area contributed by atoms with Crippen molar-refractivity contribution in [1.82, 2.24) is 28.2 Å². The highest BCUT2D eigenvalue weighted by atomic mass is 32.1. The lowest BCUT2D eigenvalue weighted by Crippen LogP contribution is -2.05. The predicted molar refractivity (Wildman–Crippen MR) is 109 cm³/mol. The highest BCUT2D eigenvalue weighted by Gasteiger charge is 2.05. The summed E-state index contributed by atoms with van der Waals surface area (Å²) in [4.78, 5) is 8.70. The van der Waals surface area contributed by atoms with Crippen LogP contribution in [0, 0.1) is 9.54 Å². The van der Waals surface area contributed by atoms with Crippen LogP contribution in [0.25, 0.3) is 11.6 Å². The third-order valence-corrected chi connectivity index (χ3v) is 5.15. The molecule has 0 unspecified atom stereocenters. The molecule has 0 saturated carbocycles. The first-order valence-electron chi connectivity index (χ1n) is 8.62. The number of nitrogens with zero attached hydrogens (tertiary/aromatic N) is 6. The maximum Gasteiger partial charge on any atom is 0.185 e. The summed E-state index contributed by atoms with van der Waals surface area (Å²) in [6.07, 6.45) is 12.3. The van der Waals surface area contributed by atoms with Gasteiger partial charge in [-0.25, -0.2) is 9.97 Å². The number of hydrogen-bond acceptors (Lipinski definition) is 4. The Morgan fingerprint density at radius 1 is 0.667 bits per heavy atom. The molecule has 0 amide bonds. The monoisotopic (exact) mass is 394 g/mol. The minimum Gasteiger partial charge on any atom is -0.323 e. The van der Waals surface area contributed by atoms with Gasteiger partial charge in [0.15, 0.2) is 9.54 Å². The molecule has 0 fully saturated rings. The van der Waals surface area contributed by atoms with E-state index in [1.165, 1.54) is 0 Å². The second kappa shape index (κ2) is 7.81. The van der Waals surface area contributed by atoms with Gasteiger partial charge in [0.2, 0.25) is 0 Å². The fraction of sp³-hybridized carbons (Fsp3) is 0.158. The molecule has 0 aliphatic heterocycles. The fourth-order valence-electron chi connectivity index (χ4n) is 2.92. The number of aromatic nitrogens is 6. The Bertz CT molecular complexity index is 1050. The van der Waals surface area contributed by atoms with Crippen LogP contribution in [0.3, 0.4) is 0 Å². The van der Waals surface area contributed by atoms with Gasteiger partial charge in [-0.3, -0.25) is 9.13 Å². The fourth-order valence-corrected chi connectivity index (χ4v) is 3.53. The lowest BCUT2D eigenvalue weighted by Gasteiger charge is -2.06. The normalized spacial score (nSPS) is 11.0. The van der Waals surface area contributed by atoms with E-state index in [2.05, 4.69) is 19.1 Å². The second-order valence-corrected chi connectivity index (χ2v) is 6.75. The first-order chi connectivity index (χ1) is 13.2. The van der Waals surface area contributed by atoms with Gasteiger partial charge in [-0.05, 0) is 55.1 Å². The standard InChI is InChI=1S/C19H18N6S2/c26-18-22(12-14-24(18)16-6-1-3-8-20-16)10-5-11-23-13-15-25(19(23)27)17-7-2-4-9-21-17/h1-4,6-9,12-15H,5,10-11H2. The third-order valence-electron chi connectivity index (χ3n) is 4.29. The molecule has 0 aromatic carbocycles. The van der Waals surface area contributed by atoms with Crippen molar-refractivity contribution in [1.29, 1.82) is 0 Å². The van der Waals surface area contributed by atoms with Gasteiger partial charge in [-0.2, -0.15) is 0 Å². The van der Waals surface area contributed by atoms with E-state index >= 15 is 0 Å². The van der Waals surface area contributed by atoms with Gasteiger partial charge < -0.3 is 9.13 Å². The van der Waals surface area contributed by atoms with Crippen LogP contribution in [0.15, 0.2) is 73.6 Å². The van der Waals surface area contributed by atoms with Crippen LogP contribution in [-0.4, -0.2) is 28.2 Å². The quantitative estimate of drug-likeness (QED) is 0.460. The molecule has 0 radical (unpaired) electrons. The van der Waals surface area contributed by atoms with Gasteiger partial charge in [-0.1, -0.05) is 12.1 Å². The SMILES string of the molecule is S=c1n(CCCn2ccn(-c3ccccn3)c2=S)ccn1-c1ccccn1. The van der Waals surface area contributed by atoms with E-state index < -0.39 is 0 Å². The van der Waals surface area contributed by atoms with Gasteiger partial charge in [0.1, 0.15) is 11.6 Å². The third kappa shape index (κ3) is 3.67. The van der Waals surface area contributed by atoms with E-state index in [0.717, 1.165) is 40.7 Å². The average molecular weight is 395 g/mol. The maximum atomic E-state index is 5.58. The molecule has 0 bridgehead atoms. The Kier molecular flexibility index (Phi) is 5.08. The molecule has 4 rings (SSSR count). The van der Waals surface area contributed by atoms with Gasteiger partial charge in [0.25, 0.3) is 0 Å². The summed E-state index contributed by atoms with van der Waals surface area (Å²) >= 11 is 11.2. The van der Waals surface area contributed by atoms with Crippen LogP contribution in [0.2, 0.25) is 0 Å². The van der Waals surface area contributed by atoms with Gasteiger partial charge in [0, 0.05) is 50.3 Å². The summed E-state index contributed by atoms with van der Waals surface area (Å²) in [6, 6.07) is 11.6. The molecule has 0 spiro atoms. The molecule has 27 heavy (non-hydrogen) atoms. The number of pyridine rings is 2. The predicted octanol–water partition coefficient (Wildman–Crippen LogP) is 4.21. The Hall–Kier alpha value is -2.84. The van der Waals surface area contributed by atoms with Crippen molar-refractivity contribution in [3.63, 3.8) is 0 Å². The Labute approximate surface area is 167 Å². The van der Waals surface area contributed by atoms with E-state index in [1.54, 1.807) is 12.4 Å². The first kappa shape index (κ1) is 17.6. The van der Waals surface area contributed by atoms with E-state index in [9.17, 15) is 0 Å². The molecule has 0 N–H and O–H groups in total. The summed E-state index contributed by atoms with van der Waals surface area (Å²) in [6.45, 7) is 1.63. The van der Waals surface area contributed by atoms with E-state index in [1.807, 2.05) is 70.3 Å². The Morgan fingerprint density at radius 2 is 1.15 bits per heavy atom. The first-order valence-corrected chi connectivity index (χ1v) is 9.44. The van der Waals surface area contributed by atoms with Gasteiger partial charge in [0.05, 0.1) is 0 Å². The zero-order valence-electron chi connectivity index (χ0n) is 14.5. The zero-order valence-corrected chi connectivity index (χ0v) is 16.2. The van der Waals surface area contributed by atoms with Crippen molar-refractivity contribution in [2.45, 2.75) is 19.5 Å². The molecule has 8 heteroatoms. The molecule has 4 aromatic heterocycles. The van der Waals surface area contributed by atoms with Crippen molar-refractivity contribution in [3.05, 3.63) is 83.1 Å². The van der Waals surface area contributed by atoms with E-state index in [4.69, 9.17) is 24.4 Å². The molecular weight excluding hydrogens is 376 g/mol. The van der Waals surface area contributed by atoms with Gasteiger partial charge in [-0.15, -0.1) is 0 Å². The molecule has 0 aliphatic rings. The topological polar surface area (TPSA) is 45.5 Å². The number of rotatable bonds is 6. The van der Waals surface area contributed by atoms with Crippen molar-refractivity contribution in [2.75, 3.05) is 0 Å². The van der Waals surface area contributed by atoms with Crippen molar-refractivity contribution in [2.24, 2.45) is 0 Å². The Balaban J connectivity index is 1.44. The number of aryl methyl sites for hydroxylation is 2. The summed E-state index contributed by atoms with van der Waals surface area (Å²) in [5.41, 5.74) is 0. The highest BCUT2D eigenvalue weighted by Crippen LogP contribution is 2.10. The lowest BCUT2D eigenvalue weighted by atomic mass is 10.4. The molecule has 136 valence electrons. The van der Waals surface area contributed by atoms with E-state index in [-0.39, 0.29) is 0 Å². The average Bonchev–Trinajstić information content (AvgIpc) is 3.26. The molecule has 0 aliphatic carbocycles. The molecule has 0 atom stereocenters. The van der Waals surface area contributed by atoms with Crippen LogP contribution in [-0.2, 0) is 13.1 Å². The minimum atomic E-state index is 0.739. The number of hydrogen-bond donors (Lipinski definition) is 0. The summed E-state index contributed by atoms with van der Waals surface area (Å²) in [5, 5.41) is 0. The lowest BCUT2D eigenvalue weighted by molar-refractivity contribution is 0.551. The highest BCUT2D eigenvalue weighted by molar-refractivity contribution is 7.71. The molecule has 0 saturated heterocycles. The maximum absolute atomic E-state index is 5.58. The number of imidazole rings is 2. The van der Waals surface area contributed by atoms with Crippen LogP contribution >= 0.6 is 24.4 Å².